The molecule has 0 aliphatic rings. The van der Waals surface area contributed by atoms with Crippen LogP contribution < -0.4 is 0 Å². The number of benzene rings is 1. The van der Waals surface area contributed by atoms with Gasteiger partial charge in [0.05, 0.1) is 19.1 Å². The monoisotopic (exact) mass is 392 g/mol. The largest absolute Gasteiger partial charge is 0.466 e. The van der Waals surface area contributed by atoms with E-state index in [2.05, 4.69) is 13.0 Å². The summed E-state index contributed by atoms with van der Waals surface area (Å²) in [6.45, 7) is 7.65. The molecule has 0 heterocycles. The Kier molecular flexibility index (Phi) is 10.5. The molecule has 1 aromatic carbocycles. The van der Waals surface area contributed by atoms with E-state index < -0.39 is 29.7 Å². The lowest BCUT2D eigenvalue weighted by molar-refractivity contribution is -0.373. The van der Waals surface area contributed by atoms with Crippen molar-refractivity contribution in [2.45, 2.75) is 71.2 Å². The molecule has 0 bridgehead atoms. The first-order valence-corrected chi connectivity index (χ1v) is 9.58. The first kappa shape index (κ1) is 23.9. The van der Waals surface area contributed by atoms with Crippen LogP contribution in [0.25, 0.3) is 0 Å². The van der Waals surface area contributed by atoms with Gasteiger partial charge < -0.3 is 9.47 Å². The van der Waals surface area contributed by atoms with Gasteiger partial charge in [-0.05, 0) is 40.0 Å². The van der Waals surface area contributed by atoms with Crippen molar-refractivity contribution in [1.82, 2.24) is 0 Å². The van der Waals surface area contributed by atoms with E-state index in [1.807, 2.05) is 32.9 Å². The summed E-state index contributed by atoms with van der Waals surface area (Å²) in [5.41, 5.74) is 0.0528. The van der Waals surface area contributed by atoms with Gasteiger partial charge in [0.1, 0.15) is 6.10 Å². The molecular weight excluding hydrogens is 360 g/mol. The second-order valence-corrected chi connectivity index (χ2v) is 7.38. The summed E-state index contributed by atoms with van der Waals surface area (Å²) in [5.74, 6) is -1.19. The predicted molar refractivity (Wildman–Crippen MR) is 106 cm³/mol. The van der Waals surface area contributed by atoms with Gasteiger partial charge in [-0.3, -0.25) is 4.79 Å². The van der Waals surface area contributed by atoms with Gasteiger partial charge in [0.15, 0.2) is 0 Å². The van der Waals surface area contributed by atoms with Crippen molar-refractivity contribution in [3.05, 3.63) is 48.0 Å². The molecule has 6 heteroatoms. The fraction of sp³-hybridized carbons (Fsp3) is 0.545. The van der Waals surface area contributed by atoms with Crippen molar-refractivity contribution >= 4 is 11.9 Å². The maximum absolute atomic E-state index is 12.5. The molecule has 0 aliphatic carbocycles. The van der Waals surface area contributed by atoms with Crippen LogP contribution in [0.4, 0.5) is 0 Å². The third-order valence-corrected chi connectivity index (χ3v) is 3.65. The summed E-state index contributed by atoms with van der Waals surface area (Å²) in [4.78, 5) is 35.4. The number of esters is 2. The fourth-order valence-electron chi connectivity index (χ4n) is 2.32. The Hall–Kier alpha value is -2.18. The smallest absolute Gasteiger partial charge is 0.351 e. The summed E-state index contributed by atoms with van der Waals surface area (Å²) in [6.07, 6.45) is 4.77. The number of carbonyl (C=O) groups is 2. The lowest BCUT2D eigenvalue weighted by Crippen LogP contribution is -2.28. The summed E-state index contributed by atoms with van der Waals surface area (Å²) in [6, 6.07) is 8.77. The molecule has 28 heavy (non-hydrogen) atoms. The molecule has 0 unspecified atom stereocenters. The summed E-state index contributed by atoms with van der Waals surface area (Å²) in [5, 5.41) is 0. The lowest BCUT2D eigenvalue weighted by atomic mass is 10.1. The van der Waals surface area contributed by atoms with Gasteiger partial charge in [-0.1, -0.05) is 49.4 Å². The summed E-state index contributed by atoms with van der Waals surface area (Å²) >= 11 is 0. The van der Waals surface area contributed by atoms with Crippen LogP contribution >= 0.6 is 0 Å². The van der Waals surface area contributed by atoms with Crippen molar-refractivity contribution < 1.29 is 28.8 Å². The number of ether oxygens (including phenoxy) is 2. The van der Waals surface area contributed by atoms with Crippen LogP contribution in [0.5, 0.6) is 0 Å². The van der Waals surface area contributed by atoms with Crippen molar-refractivity contribution in [1.29, 1.82) is 0 Å². The van der Waals surface area contributed by atoms with E-state index in [9.17, 15) is 9.59 Å². The molecule has 0 saturated heterocycles. The van der Waals surface area contributed by atoms with E-state index in [0.717, 1.165) is 12.8 Å². The zero-order valence-corrected chi connectivity index (χ0v) is 17.5. The highest BCUT2D eigenvalue weighted by Crippen LogP contribution is 2.21. The standard InChI is InChI=1S/C22H32O6/c1-6-7-8-12-15-18(27-28-22(2,3)4)16-19(23)26-20(21(24)25-5)17-13-10-9-11-14-17/h7-11,13-14,18,20H,6,12,15-16H2,1-5H3/b8-7+/t18-,20-/m1/s1. The molecule has 6 nitrogen and oxygen atoms in total. The second kappa shape index (κ2) is 12.3. The lowest BCUT2D eigenvalue weighted by Gasteiger charge is -2.23. The van der Waals surface area contributed by atoms with Crippen LogP contribution in [0.2, 0.25) is 0 Å². The number of hydrogen-bond acceptors (Lipinski definition) is 6. The Balaban J connectivity index is 2.76. The quantitative estimate of drug-likeness (QED) is 0.235. The van der Waals surface area contributed by atoms with Crippen molar-refractivity contribution in [3.63, 3.8) is 0 Å². The van der Waals surface area contributed by atoms with Crippen LogP contribution in [0.1, 0.15) is 65.0 Å². The van der Waals surface area contributed by atoms with Gasteiger partial charge in [0.25, 0.3) is 0 Å². The number of carbonyl (C=O) groups excluding carboxylic acids is 2. The molecular formula is C22H32O6. The molecule has 0 spiro atoms. The zero-order valence-electron chi connectivity index (χ0n) is 17.5. The first-order chi connectivity index (χ1) is 13.3. The average Bonchev–Trinajstić information content (AvgIpc) is 2.66. The first-order valence-electron chi connectivity index (χ1n) is 9.58. The van der Waals surface area contributed by atoms with E-state index in [0.29, 0.717) is 12.0 Å². The third kappa shape index (κ3) is 9.67. The van der Waals surface area contributed by atoms with Gasteiger partial charge in [0, 0.05) is 5.56 Å². The van der Waals surface area contributed by atoms with Gasteiger partial charge in [0.2, 0.25) is 6.10 Å². The Labute approximate surface area is 167 Å². The third-order valence-electron chi connectivity index (χ3n) is 3.65. The minimum Gasteiger partial charge on any atom is -0.466 e. The highest BCUT2D eigenvalue weighted by Gasteiger charge is 2.28. The maximum Gasteiger partial charge on any atom is 0.351 e. The molecule has 1 aromatic rings. The Morgan fingerprint density at radius 2 is 1.79 bits per heavy atom. The minimum absolute atomic E-state index is 0.0314. The molecule has 1 rings (SSSR count). The molecule has 0 fully saturated rings. The Bertz CT molecular complexity index is 618. The molecule has 0 saturated carbocycles. The highest BCUT2D eigenvalue weighted by molar-refractivity contribution is 5.80. The van der Waals surface area contributed by atoms with Crippen LogP contribution in [-0.4, -0.2) is 30.8 Å². The topological polar surface area (TPSA) is 71.1 Å². The van der Waals surface area contributed by atoms with Crippen LogP contribution in [0.15, 0.2) is 42.5 Å². The Morgan fingerprint density at radius 1 is 1.11 bits per heavy atom. The molecule has 0 aliphatic heterocycles. The zero-order chi connectivity index (χ0) is 21.0. The van der Waals surface area contributed by atoms with Crippen molar-refractivity contribution in [3.8, 4) is 0 Å². The summed E-state index contributed by atoms with van der Waals surface area (Å²) < 4.78 is 10.2. The van der Waals surface area contributed by atoms with Crippen molar-refractivity contribution in [2.24, 2.45) is 0 Å². The predicted octanol–water partition coefficient (Wildman–Crippen LogP) is 4.70. The molecule has 0 N–H and O–H groups in total. The number of rotatable bonds is 11. The van der Waals surface area contributed by atoms with E-state index in [-0.39, 0.29) is 6.42 Å². The van der Waals surface area contributed by atoms with E-state index in [4.69, 9.17) is 19.2 Å². The SMILES string of the molecule is CC/C=C/CC[C@H](CC(=O)O[C@@H](C(=O)OC)c1ccccc1)OOC(C)(C)C. The average molecular weight is 392 g/mol. The fourth-order valence-corrected chi connectivity index (χ4v) is 2.32. The van der Waals surface area contributed by atoms with Gasteiger partial charge in [-0.15, -0.1) is 0 Å². The maximum atomic E-state index is 12.5. The second-order valence-electron chi connectivity index (χ2n) is 7.38. The van der Waals surface area contributed by atoms with Crippen LogP contribution in [0, 0.1) is 0 Å². The normalized spacial score (nSPS) is 13.9. The molecule has 0 aromatic heterocycles. The van der Waals surface area contributed by atoms with E-state index in [1.165, 1.54) is 7.11 Å². The van der Waals surface area contributed by atoms with Gasteiger partial charge in [-0.2, -0.15) is 0 Å². The molecule has 2 atom stereocenters. The van der Waals surface area contributed by atoms with E-state index >= 15 is 0 Å². The number of methoxy groups -OCH3 is 1. The highest BCUT2D eigenvalue weighted by atomic mass is 17.2. The van der Waals surface area contributed by atoms with Crippen LogP contribution in [-0.2, 0) is 28.8 Å². The molecule has 0 amide bonds. The van der Waals surface area contributed by atoms with E-state index in [1.54, 1.807) is 24.3 Å². The van der Waals surface area contributed by atoms with Crippen molar-refractivity contribution in [2.75, 3.05) is 7.11 Å². The Morgan fingerprint density at radius 3 is 2.36 bits per heavy atom. The molecule has 0 radical (unpaired) electrons. The summed E-state index contributed by atoms with van der Waals surface area (Å²) in [7, 11) is 1.26. The number of hydrogen-bond donors (Lipinski definition) is 0. The molecule has 156 valence electrons. The number of allylic oxidation sites excluding steroid dienone is 2. The van der Waals surface area contributed by atoms with Crippen LogP contribution in [0.3, 0.4) is 0 Å². The van der Waals surface area contributed by atoms with Gasteiger partial charge >= 0.3 is 11.9 Å². The van der Waals surface area contributed by atoms with Gasteiger partial charge in [-0.25, -0.2) is 14.6 Å². The minimum atomic E-state index is -1.11.